The predicted molar refractivity (Wildman–Crippen MR) is 70.1 cm³/mol. The van der Waals surface area contributed by atoms with E-state index in [0.29, 0.717) is 0 Å². The third-order valence-corrected chi connectivity index (χ3v) is 4.06. The molecule has 0 aliphatic heterocycles. The molecular formula is C12H13NO5S. The second-order valence-electron chi connectivity index (χ2n) is 4.08. The monoisotopic (exact) mass is 283 g/mol. The molecule has 0 aromatic heterocycles. The Bertz CT molecular complexity index is 617. The molecule has 102 valence electrons. The average Bonchev–Trinajstić information content (AvgIpc) is 2.27. The molecule has 2 atom stereocenters. The Labute approximate surface area is 111 Å². The topological polar surface area (TPSA) is 97.5 Å². The zero-order chi connectivity index (χ0) is 14.6. The molecule has 0 aliphatic carbocycles. The van der Waals surface area contributed by atoms with Gasteiger partial charge in [0.2, 0.25) is 0 Å². The molecule has 0 fully saturated rings. The standard InChI is InChI=1S/C12H13NO5S/c1-3-5-11(14)12(19(2,17)18)9-6-4-7-10(8-9)13(15)16/h1,4,6-8,11-12,14H,5H2,2H3. The van der Waals surface area contributed by atoms with Crippen LogP contribution in [0, 0.1) is 22.5 Å². The van der Waals surface area contributed by atoms with Gasteiger partial charge in [-0.05, 0) is 5.56 Å². The highest BCUT2D eigenvalue weighted by Gasteiger charge is 2.31. The van der Waals surface area contributed by atoms with Crippen LogP contribution in [0.4, 0.5) is 5.69 Å². The minimum Gasteiger partial charge on any atom is -0.390 e. The van der Waals surface area contributed by atoms with E-state index < -0.39 is 26.1 Å². The Hall–Kier alpha value is -1.91. The molecule has 0 bridgehead atoms. The minimum absolute atomic E-state index is 0.152. The predicted octanol–water partition coefficient (Wildman–Crippen LogP) is 1.06. The molecule has 0 heterocycles. The third-order valence-electron chi connectivity index (χ3n) is 2.55. The molecule has 1 aromatic carbocycles. The molecule has 19 heavy (non-hydrogen) atoms. The van der Waals surface area contributed by atoms with E-state index in [4.69, 9.17) is 6.42 Å². The SMILES string of the molecule is C#CCC(O)C(c1cccc([N+](=O)[O-])c1)S(C)(=O)=O. The van der Waals surface area contributed by atoms with Crippen molar-refractivity contribution >= 4 is 15.5 Å². The van der Waals surface area contributed by atoms with Crippen LogP contribution in [0.25, 0.3) is 0 Å². The number of aliphatic hydroxyl groups is 1. The zero-order valence-electron chi connectivity index (χ0n) is 10.2. The highest BCUT2D eigenvalue weighted by Crippen LogP contribution is 2.29. The first kappa shape index (κ1) is 15.1. The number of hydrogen-bond donors (Lipinski definition) is 1. The van der Waals surface area contributed by atoms with Crippen LogP contribution in [-0.4, -0.2) is 30.8 Å². The van der Waals surface area contributed by atoms with E-state index in [1.54, 1.807) is 0 Å². The van der Waals surface area contributed by atoms with Crippen LogP contribution in [0.5, 0.6) is 0 Å². The van der Waals surface area contributed by atoms with E-state index in [1.165, 1.54) is 18.2 Å². The van der Waals surface area contributed by atoms with Gasteiger partial charge in [0.05, 0.1) is 11.0 Å². The smallest absolute Gasteiger partial charge is 0.269 e. The van der Waals surface area contributed by atoms with Gasteiger partial charge in [0.15, 0.2) is 9.84 Å². The molecule has 0 saturated heterocycles. The van der Waals surface area contributed by atoms with Gasteiger partial charge in [0.25, 0.3) is 5.69 Å². The second-order valence-corrected chi connectivity index (χ2v) is 6.24. The highest BCUT2D eigenvalue weighted by molar-refractivity contribution is 7.91. The molecule has 1 aromatic rings. The highest BCUT2D eigenvalue weighted by atomic mass is 32.2. The van der Waals surface area contributed by atoms with E-state index in [9.17, 15) is 23.6 Å². The van der Waals surface area contributed by atoms with Gasteiger partial charge in [-0.15, -0.1) is 12.3 Å². The lowest BCUT2D eigenvalue weighted by atomic mass is 10.0. The van der Waals surface area contributed by atoms with Crippen molar-refractivity contribution in [2.24, 2.45) is 0 Å². The van der Waals surface area contributed by atoms with Crippen molar-refractivity contribution in [1.82, 2.24) is 0 Å². The van der Waals surface area contributed by atoms with Crippen molar-refractivity contribution in [3.8, 4) is 12.3 Å². The largest absolute Gasteiger partial charge is 0.390 e. The number of sulfone groups is 1. The van der Waals surface area contributed by atoms with Crippen LogP contribution >= 0.6 is 0 Å². The maximum atomic E-state index is 11.7. The fourth-order valence-corrected chi connectivity index (χ4v) is 3.11. The summed E-state index contributed by atoms with van der Waals surface area (Å²) in [7, 11) is -3.65. The van der Waals surface area contributed by atoms with Crippen LogP contribution in [-0.2, 0) is 9.84 Å². The quantitative estimate of drug-likeness (QED) is 0.495. The zero-order valence-corrected chi connectivity index (χ0v) is 11.0. The van der Waals surface area contributed by atoms with Crippen molar-refractivity contribution in [2.75, 3.05) is 6.26 Å². The lowest BCUT2D eigenvalue weighted by Gasteiger charge is -2.20. The number of hydrogen-bond acceptors (Lipinski definition) is 5. The second kappa shape index (κ2) is 5.82. The van der Waals surface area contributed by atoms with E-state index in [0.717, 1.165) is 12.3 Å². The number of nitro groups is 1. The Morgan fingerprint density at radius 2 is 2.16 bits per heavy atom. The lowest BCUT2D eigenvalue weighted by Crippen LogP contribution is -2.25. The van der Waals surface area contributed by atoms with Crippen molar-refractivity contribution in [1.29, 1.82) is 0 Å². The van der Waals surface area contributed by atoms with Crippen molar-refractivity contribution in [3.63, 3.8) is 0 Å². The number of terminal acetylenes is 1. The Balaban J connectivity index is 3.30. The summed E-state index contributed by atoms with van der Waals surface area (Å²) in [6.07, 6.45) is 4.55. The first-order chi connectivity index (χ1) is 8.77. The first-order valence-electron chi connectivity index (χ1n) is 5.32. The van der Waals surface area contributed by atoms with Crippen molar-refractivity contribution < 1.29 is 18.4 Å². The normalized spacial score (nSPS) is 14.4. The molecular weight excluding hydrogens is 270 g/mol. The van der Waals surface area contributed by atoms with Crippen LogP contribution in [0.3, 0.4) is 0 Å². The first-order valence-corrected chi connectivity index (χ1v) is 7.27. The van der Waals surface area contributed by atoms with Gasteiger partial charge in [-0.2, -0.15) is 0 Å². The summed E-state index contributed by atoms with van der Waals surface area (Å²) < 4.78 is 23.5. The van der Waals surface area contributed by atoms with Crippen LogP contribution < -0.4 is 0 Å². The van der Waals surface area contributed by atoms with Crippen LogP contribution in [0.15, 0.2) is 24.3 Å². The van der Waals surface area contributed by atoms with Gasteiger partial charge in [0, 0.05) is 24.8 Å². The number of aliphatic hydroxyl groups excluding tert-OH is 1. The molecule has 1 N–H and O–H groups in total. The van der Waals surface area contributed by atoms with E-state index >= 15 is 0 Å². The molecule has 0 saturated carbocycles. The summed E-state index contributed by atoms with van der Waals surface area (Å²) in [5, 5.41) is 19.2. The number of benzene rings is 1. The summed E-state index contributed by atoms with van der Waals surface area (Å²) in [6, 6.07) is 5.16. The molecule has 0 radical (unpaired) electrons. The average molecular weight is 283 g/mol. The summed E-state index contributed by atoms with van der Waals surface area (Å²) >= 11 is 0. The summed E-state index contributed by atoms with van der Waals surface area (Å²) in [6.45, 7) is 0. The molecule has 0 amide bonds. The van der Waals surface area contributed by atoms with E-state index in [-0.39, 0.29) is 17.7 Å². The molecule has 0 spiro atoms. The van der Waals surface area contributed by atoms with Crippen molar-refractivity contribution in [2.45, 2.75) is 17.8 Å². The molecule has 2 unspecified atom stereocenters. The number of nitrogens with zero attached hydrogens (tertiary/aromatic N) is 1. The fraction of sp³-hybridized carbons (Fsp3) is 0.333. The Morgan fingerprint density at radius 3 is 2.63 bits per heavy atom. The minimum atomic E-state index is -3.65. The van der Waals surface area contributed by atoms with Gasteiger partial charge in [-0.3, -0.25) is 10.1 Å². The summed E-state index contributed by atoms with van der Waals surface area (Å²) in [5.41, 5.74) is -0.0847. The summed E-state index contributed by atoms with van der Waals surface area (Å²) in [4.78, 5) is 10.1. The van der Waals surface area contributed by atoms with E-state index in [2.05, 4.69) is 5.92 Å². The molecule has 0 aliphatic rings. The molecule has 6 nitrogen and oxygen atoms in total. The molecule has 7 heteroatoms. The van der Waals surface area contributed by atoms with Gasteiger partial charge < -0.3 is 5.11 Å². The van der Waals surface area contributed by atoms with E-state index in [1.807, 2.05) is 0 Å². The number of nitro benzene ring substituents is 1. The lowest BCUT2D eigenvalue weighted by molar-refractivity contribution is -0.384. The Morgan fingerprint density at radius 1 is 1.53 bits per heavy atom. The van der Waals surface area contributed by atoms with Gasteiger partial charge in [0.1, 0.15) is 5.25 Å². The number of non-ortho nitro benzene ring substituents is 1. The Kier molecular flexibility index (Phi) is 4.64. The van der Waals surface area contributed by atoms with Crippen molar-refractivity contribution in [3.05, 3.63) is 39.9 Å². The maximum absolute atomic E-state index is 11.7. The molecule has 1 rings (SSSR count). The maximum Gasteiger partial charge on any atom is 0.269 e. The number of rotatable bonds is 5. The summed E-state index contributed by atoms with van der Waals surface area (Å²) in [5.74, 6) is 2.18. The van der Waals surface area contributed by atoms with Gasteiger partial charge >= 0.3 is 0 Å². The fourth-order valence-electron chi connectivity index (χ4n) is 1.80. The van der Waals surface area contributed by atoms with Gasteiger partial charge in [-0.1, -0.05) is 12.1 Å². The van der Waals surface area contributed by atoms with Gasteiger partial charge in [-0.25, -0.2) is 8.42 Å². The third kappa shape index (κ3) is 3.77. The van der Waals surface area contributed by atoms with Crippen LogP contribution in [0.1, 0.15) is 17.2 Å². The van der Waals surface area contributed by atoms with Crippen LogP contribution in [0.2, 0.25) is 0 Å².